The van der Waals surface area contributed by atoms with Crippen molar-refractivity contribution in [2.24, 2.45) is 0 Å². The summed E-state index contributed by atoms with van der Waals surface area (Å²) in [7, 11) is -3.73. The molecule has 2 rings (SSSR count). The van der Waals surface area contributed by atoms with Crippen LogP contribution in [-0.2, 0) is 14.8 Å². The molecule has 1 aliphatic heterocycles. The van der Waals surface area contributed by atoms with E-state index in [2.05, 4.69) is 5.32 Å². The van der Waals surface area contributed by atoms with Crippen molar-refractivity contribution in [3.63, 3.8) is 0 Å². The van der Waals surface area contributed by atoms with E-state index in [9.17, 15) is 13.2 Å². The van der Waals surface area contributed by atoms with Gasteiger partial charge in [0.2, 0.25) is 15.9 Å². The highest BCUT2D eigenvalue weighted by Crippen LogP contribution is 2.27. The van der Waals surface area contributed by atoms with Gasteiger partial charge in [0.1, 0.15) is 6.04 Å². The molecule has 0 aliphatic carbocycles. The van der Waals surface area contributed by atoms with Gasteiger partial charge in [-0.3, -0.25) is 4.79 Å². The fourth-order valence-electron chi connectivity index (χ4n) is 2.34. The number of anilines is 1. The molecule has 0 aromatic heterocycles. The third kappa shape index (κ3) is 2.38. The highest BCUT2D eigenvalue weighted by atomic mass is 32.2. The Bertz CT molecular complexity index is 655. The SMILES string of the molecule is Cc1cc(N)c(C)c(S(=O)(=O)N2CCNC(=O)C2C)c1. The largest absolute Gasteiger partial charge is 0.398 e. The van der Waals surface area contributed by atoms with Gasteiger partial charge in [-0.25, -0.2) is 8.42 Å². The Morgan fingerprint density at radius 1 is 1.35 bits per heavy atom. The second-order valence-corrected chi connectivity index (χ2v) is 6.92. The van der Waals surface area contributed by atoms with Crippen molar-refractivity contribution in [2.75, 3.05) is 18.8 Å². The van der Waals surface area contributed by atoms with E-state index in [0.29, 0.717) is 17.8 Å². The van der Waals surface area contributed by atoms with Crippen molar-refractivity contribution in [1.82, 2.24) is 9.62 Å². The molecule has 20 heavy (non-hydrogen) atoms. The number of aryl methyl sites for hydroxylation is 1. The van der Waals surface area contributed by atoms with Crippen LogP contribution in [-0.4, -0.2) is 37.8 Å². The molecule has 1 aromatic carbocycles. The van der Waals surface area contributed by atoms with E-state index in [1.165, 1.54) is 4.31 Å². The highest BCUT2D eigenvalue weighted by molar-refractivity contribution is 7.89. The van der Waals surface area contributed by atoms with Gasteiger partial charge in [0.15, 0.2) is 0 Å². The topological polar surface area (TPSA) is 92.5 Å². The molecule has 1 saturated heterocycles. The minimum atomic E-state index is -3.73. The molecule has 0 saturated carbocycles. The minimum absolute atomic E-state index is 0.177. The van der Waals surface area contributed by atoms with E-state index >= 15 is 0 Å². The molecule has 1 aliphatic rings. The van der Waals surface area contributed by atoms with Gasteiger partial charge in [0.05, 0.1) is 4.90 Å². The number of hydrogen-bond donors (Lipinski definition) is 2. The van der Waals surface area contributed by atoms with Crippen LogP contribution in [0.2, 0.25) is 0 Å². The van der Waals surface area contributed by atoms with Crippen molar-refractivity contribution >= 4 is 21.6 Å². The average molecular weight is 297 g/mol. The summed E-state index contributed by atoms with van der Waals surface area (Å²) in [4.78, 5) is 11.8. The number of piperazine rings is 1. The zero-order valence-corrected chi connectivity index (χ0v) is 12.6. The maximum Gasteiger partial charge on any atom is 0.244 e. The Balaban J connectivity index is 2.53. The van der Waals surface area contributed by atoms with E-state index < -0.39 is 16.1 Å². The molecule has 1 aromatic rings. The van der Waals surface area contributed by atoms with E-state index in [1.54, 1.807) is 32.9 Å². The lowest BCUT2D eigenvalue weighted by molar-refractivity contribution is -0.126. The number of carbonyl (C=O) groups is 1. The number of rotatable bonds is 2. The zero-order valence-electron chi connectivity index (χ0n) is 11.8. The Morgan fingerprint density at radius 3 is 2.65 bits per heavy atom. The molecule has 1 unspecified atom stereocenters. The van der Waals surface area contributed by atoms with Crippen LogP contribution in [0.4, 0.5) is 5.69 Å². The van der Waals surface area contributed by atoms with Crippen LogP contribution in [0.5, 0.6) is 0 Å². The summed E-state index contributed by atoms with van der Waals surface area (Å²) in [5.74, 6) is -0.280. The summed E-state index contributed by atoms with van der Waals surface area (Å²) >= 11 is 0. The Labute approximate surface area is 119 Å². The quantitative estimate of drug-likeness (QED) is 0.773. The van der Waals surface area contributed by atoms with Crippen LogP contribution in [0.25, 0.3) is 0 Å². The molecule has 6 nitrogen and oxygen atoms in total. The Kier molecular flexibility index (Phi) is 3.75. The molecule has 110 valence electrons. The molecular formula is C13H19N3O3S. The molecule has 0 radical (unpaired) electrons. The lowest BCUT2D eigenvalue weighted by Crippen LogP contribution is -2.55. The molecule has 1 atom stereocenters. The number of amides is 1. The molecule has 1 heterocycles. The fourth-order valence-corrected chi connectivity index (χ4v) is 4.27. The predicted octanol–water partition coefficient (Wildman–Crippen LogP) is 0.395. The van der Waals surface area contributed by atoms with Crippen LogP contribution in [0.1, 0.15) is 18.1 Å². The van der Waals surface area contributed by atoms with Gasteiger partial charge in [-0.2, -0.15) is 4.31 Å². The summed E-state index contributed by atoms with van der Waals surface area (Å²) in [6.45, 7) is 5.64. The normalized spacial score (nSPS) is 20.8. The first kappa shape index (κ1) is 14.8. The van der Waals surface area contributed by atoms with Gasteiger partial charge in [-0.1, -0.05) is 0 Å². The summed E-state index contributed by atoms with van der Waals surface area (Å²) < 4.78 is 26.7. The van der Waals surface area contributed by atoms with Crippen molar-refractivity contribution in [2.45, 2.75) is 31.7 Å². The van der Waals surface area contributed by atoms with Crippen LogP contribution in [0.3, 0.4) is 0 Å². The number of nitrogens with two attached hydrogens (primary N) is 1. The second kappa shape index (κ2) is 5.06. The molecule has 7 heteroatoms. The van der Waals surface area contributed by atoms with E-state index in [4.69, 9.17) is 5.73 Å². The van der Waals surface area contributed by atoms with Crippen molar-refractivity contribution in [1.29, 1.82) is 0 Å². The van der Waals surface area contributed by atoms with Crippen LogP contribution >= 0.6 is 0 Å². The molecular weight excluding hydrogens is 278 g/mol. The fraction of sp³-hybridized carbons (Fsp3) is 0.462. The first-order chi connectivity index (χ1) is 9.25. The van der Waals surface area contributed by atoms with Gasteiger partial charge < -0.3 is 11.1 Å². The monoisotopic (exact) mass is 297 g/mol. The van der Waals surface area contributed by atoms with Gasteiger partial charge in [0, 0.05) is 18.8 Å². The third-order valence-electron chi connectivity index (χ3n) is 3.57. The smallest absolute Gasteiger partial charge is 0.244 e. The Hall–Kier alpha value is -1.60. The van der Waals surface area contributed by atoms with Crippen LogP contribution in [0, 0.1) is 13.8 Å². The minimum Gasteiger partial charge on any atom is -0.398 e. The molecule has 1 amide bonds. The van der Waals surface area contributed by atoms with Crippen molar-refractivity contribution in [3.8, 4) is 0 Å². The van der Waals surface area contributed by atoms with E-state index in [0.717, 1.165) is 5.56 Å². The lowest BCUT2D eigenvalue weighted by atomic mass is 10.1. The van der Waals surface area contributed by atoms with E-state index in [1.807, 2.05) is 0 Å². The number of nitrogens with one attached hydrogen (secondary N) is 1. The number of nitrogens with zero attached hydrogens (tertiary/aromatic N) is 1. The number of nitrogen functional groups attached to an aromatic ring is 1. The van der Waals surface area contributed by atoms with Gasteiger partial charge in [-0.05, 0) is 44.0 Å². The lowest BCUT2D eigenvalue weighted by Gasteiger charge is -2.32. The zero-order chi connectivity index (χ0) is 15.1. The van der Waals surface area contributed by atoms with Gasteiger partial charge >= 0.3 is 0 Å². The first-order valence-corrected chi connectivity index (χ1v) is 7.85. The summed E-state index contributed by atoms with van der Waals surface area (Å²) in [5.41, 5.74) is 7.59. The molecule has 0 spiro atoms. The third-order valence-corrected chi connectivity index (χ3v) is 5.67. The van der Waals surface area contributed by atoms with Crippen LogP contribution < -0.4 is 11.1 Å². The predicted molar refractivity (Wildman–Crippen MR) is 76.7 cm³/mol. The average Bonchev–Trinajstić information content (AvgIpc) is 2.36. The Morgan fingerprint density at radius 2 is 2.00 bits per heavy atom. The first-order valence-electron chi connectivity index (χ1n) is 6.41. The summed E-state index contributed by atoms with van der Waals surface area (Å²) in [5, 5.41) is 2.65. The second-order valence-electron chi connectivity index (χ2n) is 5.06. The standard InChI is InChI=1S/C13H19N3O3S/c1-8-6-11(14)9(2)12(7-8)20(18,19)16-5-4-15-13(17)10(16)3/h6-7,10H,4-5,14H2,1-3H3,(H,15,17). The van der Waals surface area contributed by atoms with Gasteiger partial charge in [0.25, 0.3) is 0 Å². The molecule has 0 bridgehead atoms. The van der Waals surface area contributed by atoms with Crippen molar-refractivity contribution < 1.29 is 13.2 Å². The van der Waals surface area contributed by atoms with Crippen LogP contribution in [0.15, 0.2) is 17.0 Å². The summed E-state index contributed by atoms with van der Waals surface area (Å²) in [6, 6.07) is 2.62. The summed E-state index contributed by atoms with van der Waals surface area (Å²) in [6.07, 6.45) is 0. The maximum absolute atomic E-state index is 12.8. The number of carbonyl (C=O) groups excluding carboxylic acids is 1. The van der Waals surface area contributed by atoms with E-state index in [-0.39, 0.29) is 17.3 Å². The number of sulfonamides is 1. The molecule has 1 fully saturated rings. The number of benzene rings is 1. The highest BCUT2D eigenvalue weighted by Gasteiger charge is 2.36. The van der Waals surface area contributed by atoms with Crippen molar-refractivity contribution in [3.05, 3.63) is 23.3 Å². The molecule has 3 N–H and O–H groups in total. The maximum atomic E-state index is 12.8. The van der Waals surface area contributed by atoms with Gasteiger partial charge in [-0.15, -0.1) is 0 Å². The number of hydrogen-bond acceptors (Lipinski definition) is 4.